The lowest BCUT2D eigenvalue weighted by Gasteiger charge is -2.36. The van der Waals surface area contributed by atoms with E-state index in [4.69, 9.17) is 18.9 Å². The van der Waals surface area contributed by atoms with E-state index in [2.05, 4.69) is 71.3 Å². The zero-order valence-corrected chi connectivity index (χ0v) is 36.3. The zero-order valence-electron chi connectivity index (χ0n) is 35.5. The Hall–Kier alpha value is -6.97. The average Bonchev–Trinajstić information content (AvgIpc) is 3.66. The van der Waals surface area contributed by atoms with E-state index >= 15 is 4.79 Å². The summed E-state index contributed by atoms with van der Waals surface area (Å²) in [5.74, 6) is 1.45. The van der Waals surface area contributed by atoms with Crippen LogP contribution in [0.1, 0.15) is 57.8 Å². The van der Waals surface area contributed by atoms with E-state index in [1.165, 1.54) is 0 Å². The molecule has 2 amide bonds. The highest BCUT2D eigenvalue weighted by Crippen LogP contribution is 2.49. The van der Waals surface area contributed by atoms with Gasteiger partial charge in [-0.1, -0.05) is 152 Å². The van der Waals surface area contributed by atoms with Crippen molar-refractivity contribution in [1.82, 2.24) is 10.6 Å². The largest absolute Gasteiger partial charge is 0.497 e. The number of hydrogen-bond donors (Lipinski definition) is 2. The van der Waals surface area contributed by atoms with Gasteiger partial charge in [-0.15, -0.1) is 11.8 Å². The SMILES string of the molecule is CCOc1ccc(C(NC(=O)[C@H](CSC(c2ccccc2)(c2ccccc2)c2ccccc2)NC(=O)OCC2c3ccccc3-c3ccccc32)c2ccc(OC)cc2OC)cc1. The van der Waals surface area contributed by atoms with Crippen LogP contribution in [0.25, 0.3) is 11.1 Å². The number of rotatable bonds is 17. The maximum absolute atomic E-state index is 15.2. The van der Waals surface area contributed by atoms with E-state index in [0.717, 1.165) is 44.5 Å². The second kappa shape index (κ2) is 19.8. The molecule has 7 aromatic rings. The molecule has 63 heavy (non-hydrogen) atoms. The fraction of sp³-hybridized carbons (Fsp3) is 0.185. The van der Waals surface area contributed by atoms with Crippen molar-refractivity contribution >= 4 is 23.8 Å². The fourth-order valence-electron chi connectivity index (χ4n) is 8.51. The summed E-state index contributed by atoms with van der Waals surface area (Å²) < 4.78 is 22.5. The van der Waals surface area contributed by atoms with Gasteiger partial charge in [-0.05, 0) is 75.7 Å². The number of carbonyl (C=O) groups excluding carboxylic acids is 2. The van der Waals surface area contributed by atoms with Crippen molar-refractivity contribution in [1.29, 1.82) is 0 Å². The van der Waals surface area contributed by atoms with Crippen molar-refractivity contribution in [2.45, 2.75) is 29.7 Å². The molecular weight excluding hydrogens is 805 g/mol. The highest BCUT2D eigenvalue weighted by molar-refractivity contribution is 8.00. The Bertz CT molecular complexity index is 2480. The van der Waals surface area contributed by atoms with Crippen LogP contribution >= 0.6 is 11.8 Å². The maximum atomic E-state index is 15.2. The van der Waals surface area contributed by atoms with Crippen LogP contribution in [0.2, 0.25) is 0 Å². The number of hydrogen-bond acceptors (Lipinski definition) is 7. The normalized spacial score (nSPS) is 12.9. The third kappa shape index (κ3) is 9.15. The Kier molecular flexibility index (Phi) is 13.4. The predicted molar refractivity (Wildman–Crippen MR) is 251 cm³/mol. The first-order valence-electron chi connectivity index (χ1n) is 21.1. The zero-order chi connectivity index (χ0) is 43.6. The predicted octanol–water partition coefficient (Wildman–Crippen LogP) is 10.9. The van der Waals surface area contributed by atoms with Crippen LogP contribution in [0, 0.1) is 0 Å². The number of amides is 2. The van der Waals surface area contributed by atoms with Gasteiger partial charge in [0.15, 0.2) is 0 Å². The van der Waals surface area contributed by atoms with E-state index < -0.39 is 28.8 Å². The summed E-state index contributed by atoms with van der Waals surface area (Å²) in [6, 6.07) is 58.6. The molecule has 2 atom stereocenters. The van der Waals surface area contributed by atoms with Gasteiger partial charge in [-0.25, -0.2) is 4.79 Å². The number of alkyl carbamates (subject to hydrolysis) is 1. The van der Waals surface area contributed by atoms with Gasteiger partial charge in [0.1, 0.15) is 29.9 Å². The molecule has 8 nitrogen and oxygen atoms in total. The minimum Gasteiger partial charge on any atom is -0.497 e. The van der Waals surface area contributed by atoms with Crippen molar-refractivity contribution in [3.8, 4) is 28.4 Å². The van der Waals surface area contributed by atoms with Crippen LogP contribution in [0.5, 0.6) is 17.2 Å². The summed E-state index contributed by atoms with van der Waals surface area (Å²) >= 11 is 1.58. The molecule has 1 aliphatic carbocycles. The van der Waals surface area contributed by atoms with Crippen LogP contribution < -0.4 is 24.8 Å². The molecule has 0 aliphatic heterocycles. The van der Waals surface area contributed by atoms with E-state index in [-0.39, 0.29) is 18.3 Å². The molecule has 0 aromatic heterocycles. The Balaban J connectivity index is 1.16. The van der Waals surface area contributed by atoms with Crippen LogP contribution in [0.15, 0.2) is 182 Å². The van der Waals surface area contributed by atoms with E-state index in [9.17, 15) is 4.79 Å². The van der Waals surface area contributed by atoms with Gasteiger partial charge in [-0.2, -0.15) is 0 Å². The Morgan fingerprint density at radius 1 is 0.619 bits per heavy atom. The fourth-order valence-corrected chi connectivity index (χ4v) is 10.1. The number of fused-ring (bicyclic) bond motifs is 3. The second-order valence-corrected chi connectivity index (χ2v) is 16.4. The van der Waals surface area contributed by atoms with Crippen molar-refractivity contribution in [3.05, 3.63) is 221 Å². The molecule has 0 heterocycles. The van der Waals surface area contributed by atoms with Crippen molar-refractivity contribution < 1.29 is 28.5 Å². The molecular formula is C54H50N2O6S. The van der Waals surface area contributed by atoms with Gasteiger partial charge in [0.2, 0.25) is 5.91 Å². The molecule has 0 radical (unpaired) electrons. The lowest BCUT2D eigenvalue weighted by Crippen LogP contribution is -2.50. The van der Waals surface area contributed by atoms with Crippen LogP contribution in [-0.4, -0.2) is 51.2 Å². The summed E-state index contributed by atoms with van der Waals surface area (Å²) in [6.07, 6.45) is -0.693. The van der Waals surface area contributed by atoms with Crippen molar-refractivity contribution in [3.63, 3.8) is 0 Å². The van der Waals surface area contributed by atoms with Gasteiger partial charge in [0.05, 0.1) is 31.6 Å². The molecule has 0 saturated heterocycles. The Labute approximate surface area is 373 Å². The first kappa shape index (κ1) is 42.7. The number of carbonyl (C=O) groups is 2. The van der Waals surface area contributed by atoms with Gasteiger partial charge in [-0.3, -0.25) is 4.79 Å². The average molecular weight is 855 g/mol. The topological polar surface area (TPSA) is 95.1 Å². The summed E-state index contributed by atoms with van der Waals surface area (Å²) in [4.78, 5) is 29.4. The number of ether oxygens (including phenoxy) is 4. The molecule has 1 aliphatic rings. The van der Waals surface area contributed by atoms with Crippen LogP contribution in [-0.2, 0) is 14.3 Å². The van der Waals surface area contributed by atoms with Crippen molar-refractivity contribution in [2.75, 3.05) is 33.2 Å². The third-order valence-electron chi connectivity index (χ3n) is 11.5. The Morgan fingerprint density at radius 3 is 1.67 bits per heavy atom. The summed E-state index contributed by atoms with van der Waals surface area (Å²) in [5, 5.41) is 6.34. The molecule has 9 heteroatoms. The van der Waals surface area contributed by atoms with Gasteiger partial charge < -0.3 is 29.6 Å². The van der Waals surface area contributed by atoms with E-state index in [1.807, 2.05) is 122 Å². The Morgan fingerprint density at radius 2 is 1.14 bits per heavy atom. The smallest absolute Gasteiger partial charge is 0.407 e. The van der Waals surface area contributed by atoms with Gasteiger partial charge >= 0.3 is 6.09 Å². The quantitative estimate of drug-likeness (QED) is 0.0881. The summed E-state index contributed by atoms with van der Waals surface area (Å²) in [5.41, 5.74) is 9.04. The number of methoxy groups -OCH3 is 2. The molecule has 7 aromatic carbocycles. The first-order chi connectivity index (χ1) is 30.9. The lowest BCUT2D eigenvalue weighted by molar-refractivity contribution is -0.123. The van der Waals surface area contributed by atoms with Crippen LogP contribution in [0.4, 0.5) is 4.79 Å². The van der Waals surface area contributed by atoms with E-state index in [0.29, 0.717) is 29.4 Å². The first-order valence-corrected chi connectivity index (χ1v) is 22.1. The number of nitrogens with one attached hydrogen (secondary N) is 2. The molecule has 0 bridgehead atoms. The summed E-state index contributed by atoms with van der Waals surface area (Å²) in [6.45, 7) is 2.55. The molecule has 2 N–H and O–H groups in total. The standard InChI is InChI=1S/C54H50N2O6S/c1-4-61-41-30-28-37(29-31-41)51(47-33-32-42(59-2)34-50(47)60-3)56-52(57)49(55-53(58)62-35-48-45-26-16-14-24-43(45)44-25-15-17-27-46(44)48)36-63-54(38-18-8-5-9-19-38,39-20-10-6-11-21-39)40-22-12-7-13-23-40/h5-34,48-49,51H,4,35-36H2,1-3H3,(H,55,58)(H,56,57)/t49-,51?/m0/s1. The summed E-state index contributed by atoms with van der Waals surface area (Å²) in [7, 11) is 3.18. The highest BCUT2D eigenvalue weighted by Gasteiger charge is 2.39. The number of thioether (sulfide) groups is 1. The third-order valence-corrected chi connectivity index (χ3v) is 13.2. The molecule has 0 fully saturated rings. The van der Waals surface area contributed by atoms with Crippen molar-refractivity contribution in [2.24, 2.45) is 0 Å². The van der Waals surface area contributed by atoms with Gasteiger partial charge in [0, 0.05) is 23.3 Å². The molecule has 0 saturated carbocycles. The number of benzene rings is 7. The maximum Gasteiger partial charge on any atom is 0.407 e. The van der Waals surface area contributed by atoms with Crippen LogP contribution in [0.3, 0.4) is 0 Å². The van der Waals surface area contributed by atoms with Gasteiger partial charge in [0.25, 0.3) is 0 Å². The minimum atomic E-state index is -1.06. The molecule has 0 spiro atoms. The molecule has 318 valence electrons. The highest BCUT2D eigenvalue weighted by atomic mass is 32.2. The molecule has 8 rings (SSSR count). The monoisotopic (exact) mass is 854 g/mol. The lowest BCUT2D eigenvalue weighted by atomic mass is 9.84. The molecule has 1 unspecified atom stereocenters. The minimum absolute atomic E-state index is 0.0984. The second-order valence-electron chi connectivity index (χ2n) is 15.2. The van der Waals surface area contributed by atoms with E-state index in [1.54, 1.807) is 32.0 Å².